The predicted octanol–water partition coefficient (Wildman–Crippen LogP) is 4.13. The minimum atomic E-state index is -1.04. The number of halogens is 2. The second kappa shape index (κ2) is 7.93. The molecule has 1 atom stereocenters. The third-order valence-electron chi connectivity index (χ3n) is 3.81. The summed E-state index contributed by atoms with van der Waals surface area (Å²) in [6.45, 7) is 1.93. The van der Waals surface area contributed by atoms with Crippen molar-refractivity contribution in [2.75, 3.05) is 4.90 Å². The van der Waals surface area contributed by atoms with Crippen LogP contribution in [0.15, 0.2) is 51.9 Å². The van der Waals surface area contributed by atoms with E-state index in [0.717, 1.165) is 13.6 Å². The Hall–Kier alpha value is -1.65. The summed E-state index contributed by atoms with van der Waals surface area (Å²) in [6, 6.07) is 12.9. The van der Waals surface area contributed by atoms with E-state index >= 15 is 0 Å². The summed E-state index contributed by atoms with van der Waals surface area (Å²) >= 11 is 10.8. The lowest BCUT2D eigenvalue weighted by Gasteiger charge is -2.30. The monoisotopic (exact) mass is 541 g/mol. The molecule has 1 fully saturated rings. The van der Waals surface area contributed by atoms with Crippen molar-refractivity contribution in [3.05, 3.63) is 56.1 Å². The Morgan fingerprint density at radius 1 is 1.23 bits per heavy atom. The highest BCUT2D eigenvalue weighted by Gasteiger charge is 2.38. The fourth-order valence-electron chi connectivity index (χ4n) is 2.48. The van der Waals surface area contributed by atoms with E-state index in [0.29, 0.717) is 11.4 Å². The van der Waals surface area contributed by atoms with Crippen molar-refractivity contribution >= 4 is 85.3 Å². The zero-order chi connectivity index (χ0) is 18.8. The summed E-state index contributed by atoms with van der Waals surface area (Å²) in [5.74, 6) is -1.93. The lowest BCUT2D eigenvalue weighted by molar-refractivity contribution is -0.130. The van der Waals surface area contributed by atoms with E-state index in [2.05, 4.69) is 48.8 Å². The van der Waals surface area contributed by atoms with E-state index in [1.165, 1.54) is 11.1 Å². The topological polar surface area (TPSA) is 61.8 Å². The van der Waals surface area contributed by atoms with Crippen LogP contribution in [0.4, 0.5) is 11.4 Å². The van der Waals surface area contributed by atoms with E-state index in [4.69, 9.17) is 12.2 Å². The van der Waals surface area contributed by atoms with Gasteiger partial charge in [0.05, 0.1) is 11.4 Å². The van der Waals surface area contributed by atoms with Crippen molar-refractivity contribution in [2.24, 2.45) is 10.9 Å². The molecule has 0 bridgehead atoms. The number of hydrogen-bond acceptors (Lipinski definition) is 4. The molecule has 0 unspecified atom stereocenters. The number of aryl methyl sites for hydroxylation is 1. The number of carbonyl (C=O) groups excluding carboxylic acids is 2. The molecule has 0 aromatic heterocycles. The van der Waals surface area contributed by atoms with Gasteiger partial charge in [0, 0.05) is 14.3 Å². The second-order valence-electron chi connectivity index (χ2n) is 5.63. The average molecular weight is 542 g/mol. The molecular weight excluding hydrogens is 529 g/mol. The van der Waals surface area contributed by atoms with E-state index in [-0.39, 0.29) is 5.11 Å². The van der Waals surface area contributed by atoms with Crippen LogP contribution in [0.5, 0.6) is 0 Å². The third kappa shape index (κ3) is 4.02. The molecule has 1 N–H and O–H groups in total. The average Bonchev–Trinajstić information content (AvgIpc) is 2.57. The van der Waals surface area contributed by atoms with Gasteiger partial charge in [0.2, 0.25) is 5.91 Å². The molecule has 1 saturated heterocycles. The van der Waals surface area contributed by atoms with E-state index in [9.17, 15) is 9.59 Å². The molecule has 0 saturated carbocycles. The van der Waals surface area contributed by atoms with Crippen molar-refractivity contribution in [1.29, 1.82) is 0 Å². The third-order valence-corrected chi connectivity index (χ3v) is 5.29. The first-order valence-electron chi connectivity index (χ1n) is 7.61. The Kier molecular flexibility index (Phi) is 5.83. The van der Waals surface area contributed by atoms with Gasteiger partial charge < -0.3 is 5.32 Å². The standard InChI is InChI=1S/C18H13BrIN3O2S/c1-10-8-12(20)4-7-15(10)21-9-14-16(24)22-18(26)23(17(14)25)13-5-2-11(19)3-6-13/h2-9,14H,1H3,(H,22,24,26)/t14-/m1/s1. The Morgan fingerprint density at radius 2 is 1.92 bits per heavy atom. The van der Waals surface area contributed by atoms with Crippen molar-refractivity contribution < 1.29 is 9.59 Å². The number of nitrogens with one attached hydrogen (secondary N) is 1. The zero-order valence-electron chi connectivity index (χ0n) is 13.6. The number of benzene rings is 2. The quantitative estimate of drug-likeness (QED) is 0.275. The van der Waals surface area contributed by atoms with Gasteiger partial charge in [0.1, 0.15) is 0 Å². The molecular formula is C18H13BrIN3O2S. The molecule has 0 spiro atoms. The molecule has 1 aliphatic rings. The maximum atomic E-state index is 12.9. The summed E-state index contributed by atoms with van der Waals surface area (Å²) in [5, 5.41) is 2.64. The van der Waals surface area contributed by atoms with Crippen LogP contribution in [0.3, 0.4) is 0 Å². The van der Waals surface area contributed by atoms with Crippen molar-refractivity contribution in [3.63, 3.8) is 0 Å². The second-order valence-corrected chi connectivity index (χ2v) is 8.18. The molecule has 1 aliphatic heterocycles. The van der Waals surface area contributed by atoms with Crippen LogP contribution in [0.25, 0.3) is 0 Å². The first-order chi connectivity index (χ1) is 12.4. The summed E-state index contributed by atoms with van der Waals surface area (Å²) in [5.41, 5.74) is 2.28. The molecule has 2 aromatic rings. The highest BCUT2D eigenvalue weighted by Crippen LogP contribution is 2.24. The van der Waals surface area contributed by atoms with E-state index < -0.39 is 17.7 Å². The minimum absolute atomic E-state index is 0.0671. The van der Waals surface area contributed by atoms with Gasteiger partial charge in [-0.15, -0.1) is 0 Å². The Balaban J connectivity index is 1.90. The summed E-state index contributed by atoms with van der Waals surface area (Å²) in [4.78, 5) is 30.8. The molecule has 2 amide bonds. The molecule has 0 radical (unpaired) electrons. The van der Waals surface area contributed by atoms with Crippen LogP contribution >= 0.6 is 50.7 Å². The minimum Gasteiger partial charge on any atom is -0.301 e. The zero-order valence-corrected chi connectivity index (χ0v) is 18.1. The number of aliphatic imine (C=N–C) groups is 1. The number of amides is 2. The van der Waals surface area contributed by atoms with Crippen molar-refractivity contribution in [1.82, 2.24) is 5.32 Å². The van der Waals surface area contributed by atoms with Crippen LogP contribution in [0.1, 0.15) is 5.56 Å². The van der Waals surface area contributed by atoms with Crippen LogP contribution < -0.4 is 10.2 Å². The van der Waals surface area contributed by atoms with Crippen LogP contribution in [0, 0.1) is 16.4 Å². The van der Waals surface area contributed by atoms with Gasteiger partial charge in [-0.3, -0.25) is 19.5 Å². The normalized spacial score (nSPS) is 17.7. The van der Waals surface area contributed by atoms with E-state index in [1.807, 2.05) is 25.1 Å². The molecule has 132 valence electrons. The number of nitrogens with zero attached hydrogens (tertiary/aromatic N) is 2. The van der Waals surface area contributed by atoms with Crippen molar-refractivity contribution in [3.8, 4) is 0 Å². The van der Waals surface area contributed by atoms with Crippen LogP contribution in [-0.2, 0) is 9.59 Å². The number of thiocarbonyl (C=S) groups is 1. The van der Waals surface area contributed by atoms with Crippen LogP contribution in [0.2, 0.25) is 0 Å². The maximum Gasteiger partial charge on any atom is 0.251 e. The summed E-state index contributed by atoms with van der Waals surface area (Å²) in [6.07, 6.45) is 1.38. The van der Waals surface area contributed by atoms with E-state index in [1.54, 1.807) is 24.3 Å². The molecule has 26 heavy (non-hydrogen) atoms. The molecule has 0 aliphatic carbocycles. The number of rotatable bonds is 3. The Bertz CT molecular complexity index is 931. The number of anilines is 1. The van der Waals surface area contributed by atoms with Gasteiger partial charge in [-0.2, -0.15) is 0 Å². The van der Waals surface area contributed by atoms with Gasteiger partial charge in [0.25, 0.3) is 5.91 Å². The Labute approximate surface area is 178 Å². The lowest BCUT2D eigenvalue weighted by atomic mass is 10.1. The van der Waals surface area contributed by atoms with Gasteiger partial charge in [0.15, 0.2) is 11.0 Å². The van der Waals surface area contributed by atoms with Crippen molar-refractivity contribution in [2.45, 2.75) is 6.92 Å². The predicted molar refractivity (Wildman–Crippen MR) is 118 cm³/mol. The lowest BCUT2D eigenvalue weighted by Crippen LogP contribution is -2.58. The molecule has 2 aromatic carbocycles. The first kappa shape index (κ1) is 19.1. The molecule has 3 rings (SSSR count). The van der Waals surface area contributed by atoms with Crippen LogP contribution in [-0.4, -0.2) is 23.1 Å². The highest BCUT2D eigenvalue weighted by molar-refractivity contribution is 14.1. The van der Waals surface area contributed by atoms with Gasteiger partial charge in [-0.1, -0.05) is 15.9 Å². The molecule has 8 heteroatoms. The fraction of sp³-hybridized carbons (Fsp3) is 0.111. The van der Waals surface area contributed by atoms with Gasteiger partial charge in [-0.25, -0.2) is 0 Å². The SMILES string of the molecule is Cc1cc(I)ccc1N=C[C@@H]1C(=O)NC(=S)N(c2ccc(Br)cc2)C1=O. The number of carbonyl (C=O) groups is 2. The van der Waals surface area contributed by atoms with Gasteiger partial charge >= 0.3 is 0 Å². The highest BCUT2D eigenvalue weighted by atomic mass is 127. The molecule has 1 heterocycles. The largest absolute Gasteiger partial charge is 0.301 e. The smallest absolute Gasteiger partial charge is 0.251 e. The number of hydrogen-bond donors (Lipinski definition) is 1. The fourth-order valence-corrected chi connectivity index (χ4v) is 3.68. The maximum absolute atomic E-state index is 12.9. The molecule has 5 nitrogen and oxygen atoms in total. The summed E-state index contributed by atoms with van der Waals surface area (Å²) in [7, 11) is 0. The van der Waals surface area contributed by atoms with Gasteiger partial charge in [-0.05, 0) is 89.8 Å². The summed E-state index contributed by atoms with van der Waals surface area (Å²) < 4.78 is 1.98. The Morgan fingerprint density at radius 3 is 2.58 bits per heavy atom. The first-order valence-corrected chi connectivity index (χ1v) is 9.89.